The van der Waals surface area contributed by atoms with Crippen LogP contribution in [0.25, 0.3) is 0 Å². The number of carbonyl (C=O) groups excluding carboxylic acids is 1. The highest BCUT2D eigenvalue weighted by Crippen LogP contribution is 2.26. The van der Waals surface area contributed by atoms with Crippen LogP contribution in [0, 0.1) is 0 Å². The summed E-state index contributed by atoms with van der Waals surface area (Å²) < 4.78 is 0. The average Bonchev–Trinajstić information content (AvgIpc) is 3.04. The normalized spacial score (nSPS) is 14.8. The molecule has 8 heteroatoms. The van der Waals surface area contributed by atoms with Gasteiger partial charge >= 0.3 is 0 Å². The number of carbonyl (C=O) groups is 1. The minimum Gasteiger partial charge on any atom is -0.374 e. The lowest BCUT2D eigenvalue weighted by Crippen LogP contribution is -2.41. The Hall–Kier alpha value is -1.96. The number of aryl methyl sites for hydroxylation is 1. The molecule has 0 saturated carbocycles. The fourth-order valence-electron chi connectivity index (χ4n) is 2.55. The summed E-state index contributed by atoms with van der Waals surface area (Å²) in [7, 11) is 0. The summed E-state index contributed by atoms with van der Waals surface area (Å²) in [6.07, 6.45) is 4.11. The quantitative estimate of drug-likeness (QED) is 0.793. The third kappa shape index (κ3) is 2.63. The van der Waals surface area contributed by atoms with Gasteiger partial charge in [0.15, 0.2) is 5.69 Å². The highest BCUT2D eigenvalue weighted by Gasteiger charge is 2.30. The zero-order valence-corrected chi connectivity index (χ0v) is 12.9. The van der Waals surface area contributed by atoms with Crippen molar-refractivity contribution in [3.05, 3.63) is 22.0 Å². The molecule has 21 heavy (non-hydrogen) atoms. The number of hydrogen-bond donors (Lipinski definition) is 3. The first kappa shape index (κ1) is 14.0. The minimum atomic E-state index is -0.632. The number of aromatic amines is 1. The van der Waals surface area contributed by atoms with E-state index in [0.717, 1.165) is 36.9 Å². The van der Waals surface area contributed by atoms with Crippen LogP contribution < -0.4 is 11.1 Å². The Kier molecular flexibility index (Phi) is 3.40. The lowest BCUT2D eigenvalue weighted by molar-refractivity contribution is 0.0905. The van der Waals surface area contributed by atoms with Gasteiger partial charge in [-0.2, -0.15) is 5.10 Å². The number of rotatable bonds is 3. The molecule has 0 radical (unpaired) electrons. The fraction of sp³-hybridized carbons (Fsp3) is 0.538. The Bertz CT molecular complexity index is 674. The molecule has 0 aromatic carbocycles. The molecule has 1 aliphatic rings. The van der Waals surface area contributed by atoms with E-state index >= 15 is 0 Å². The summed E-state index contributed by atoms with van der Waals surface area (Å²) in [5.41, 5.74) is 7.61. The van der Waals surface area contributed by atoms with Crippen LogP contribution in [0.5, 0.6) is 0 Å². The number of nitrogen functional groups attached to an aromatic ring is 1. The molecule has 0 spiro atoms. The van der Waals surface area contributed by atoms with E-state index < -0.39 is 5.54 Å². The van der Waals surface area contributed by atoms with Crippen molar-refractivity contribution in [3.63, 3.8) is 0 Å². The number of aromatic nitrogens is 4. The maximum Gasteiger partial charge on any atom is 0.272 e. The molecular formula is C13H18N6OS. The molecule has 0 atom stereocenters. The maximum absolute atomic E-state index is 12.5. The maximum atomic E-state index is 12.5. The Morgan fingerprint density at radius 3 is 2.81 bits per heavy atom. The van der Waals surface area contributed by atoms with E-state index in [9.17, 15) is 4.79 Å². The number of fused-ring (bicyclic) bond motifs is 1. The standard InChI is InChI=1S/C13H18N6OS/c1-13(2,11-18-19-12(14)21-11)15-10(20)9-7-5-3-4-6-8(7)16-17-9/h3-6H2,1-2H3,(H2,14,19)(H,15,20)(H,16,17). The molecule has 2 aromatic heterocycles. The molecule has 0 saturated heterocycles. The van der Waals surface area contributed by atoms with Crippen LogP contribution in [-0.2, 0) is 18.4 Å². The van der Waals surface area contributed by atoms with E-state index in [0.29, 0.717) is 15.8 Å². The number of nitrogens with one attached hydrogen (secondary N) is 2. The van der Waals surface area contributed by atoms with Gasteiger partial charge in [0.25, 0.3) is 5.91 Å². The molecule has 112 valence electrons. The van der Waals surface area contributed by atoms with Gasteiger partial charge in [0, 0.05) is 11.3 Å². The molecule has 3 rings (SSSR count). The molecule has 0 fully saturated rings. The first-order valence-electron chi connectivity index (χ1n) is 6.95. The number of nitrogens with two attached hydrogens (primary N) is 1. The van der Waals surface area contributed by atoms with E-state index in [1.54, 1.807) is 0 Å². The van der Waals surface area contributed by atoms with Crippen LogP contribution in [0.1, 0.15) is 53.4 Å². The second-order valence-corrected chi connectivity index (χ2v) is 6.77. The van der Waals surface area contributed by atoms with Crippen LogP contribution in [0.15, 0.2) is 0 Å². The van der Waals surface area contributed by atoms with E-state index in [1.807, 2.05) is 13.8 Å². The van der Waals surface area contributed by atoms with Crippen LogP contribution >= 0.6 is 11.3 Å². The summed E-state index contributed by atoms with van der Waals surface area (Å²) in [5, 5.41) is 19.0. The third-order valence-electron chi connectivity index (χ3n) is 3.67. The van der Waals surface area contributed by atoms with E-state index in [1.165, 1.54) is 11.3 Å². The highest BCUT2D eigenvalue weighted by molar-refractivity contribution is 7.15. The zero-order valence-electron chi connectivity index (χ0n) is 12.1. The first-order valence-corrected chi connectivity index (χ1v) is 7.77. The number of hydrogen-bond acceptors (Lipinski definition) is 6. The van der Waals surface area contributed by atoms with Crippen LogP contribution in [0.2, 0.25) is 0 Å². The third-order valence-corrected chi connectivity index (χ3v) is 4.75. The molecule has 0 aliphatic heterocycles. The molecule has 7 nitrogen and oxygen atoms in total. The van der Waals surface area contributed by atoms with Gasteiger partial charge in [0.2, 0.25) is 5.13 Å². The first-order chi connectivity index (χ1) is 9.97. The zero-order chi connectivity index (χ0) is 15.0. The highest BCUT2D eigenvalue weighted by atomic mass is 32.1. The SMILES string of the molecule is CC(C)(NC(=O)c1n[nH]c2c1CCCC2)c1nnc(N)s1. The van der Waals surface area contributed by atoms with Gasteiger partial charge in [0.1, 0.15) is 5.01 Å². The summed E-state index contributed by atoms with van der Waals surface area (Å²) in [6.45, 7) is 3.76. The monoisotopic (exact) mass is 306 g/mol. The topological polar surface area (TPSA) is 110 Å². The van der Waals surface area contributed by atoms with Crippen LogP contribution in [-0.4, -0.2) is 26.3 Å². The smallest absolute Gasteiger partial charge is 0.272 e. The minimum absolute atomic E-state index is 0.187. The molecular weight excluding hydrogens is 288 g/mol. The summed E-state index contributed by atoms with van der Waals surface area (Å²) in [5.74, 6) is -0.187. The van der Waals surface area contributed by atoms with Gasteiger partial charge in [-0.05, 0) is 39.5 Å². The summed E-state index contributed by atoms with van der Waals surface area (Å²) in [6, 6.07) is 0. The van der Waals surface area contributed by atoms with Gasteiger partial charge in [-0.25, -0.2) is 0 Å². The molecule has 2 aromatic rings. The predicted octanol–water partition coefficient (Wildman–Crippen LogP) is 1.39. The molecule has 1 aliphatic carbocycles. The van der Waals surface area contributed by atoms with Gasteiger partial charge in [-0.3, -0.25) is 9.89 Å². The Labute approximate surface area is 126 Å². The van der Waals surface area contributed by atoms with Gasteiger partial charge in [-0.1, -0.05) is 11.3 Å². The fourth-order valence-corrected chi connectivity index (χ4v) is 3.22. The number of anilines is 1. The van der Waals surface area contributed by atoms with Crippen molar-refractivity contribution in [1.29, 1.82) is 0 Å². The van der Waals surface area contributed by atoms with Gasteiger partial charge in [-0.15, -0.1) is 10.2 Å². The molecule has 4 N–H and O–H groups in total. The number of H-pyrrole nitrogens is 1. The molecule has 2 heterocycles. The van der Waals surface area contributed by atoms with Crippen molar-refractivity contribution in [3.8, 4) is 0 Å². The largest absolute Gasteiger partial charge is 0.374 e. The number of amides is 1. The van der Waals surface area contributed by atoms with Crippen molar-refractivity contribution in [1.82, 2.24) is 25.7 Å². The Morgan fingerprint density at radius 1 is 1.33 bits per heavy atom. The number of nitrogens with zero attached hydrogens (tertiary/aromatic N) is 3. The predicted molar refractivity (Wildman–Crippen MR) is 80.0 cm³/mol. The summed E-state index contributed by atoms with van der Waals surface area (Å²) >= 11 is 1.28. The van der Waals surface area contributed by atoms with E-state index in [2.05, 4.69) is 25.7 Å². The molecule has 0 bridgehead atoms. The van der Waals surface area contributed by atoms with Crippen molar-refractivity contribution in [2.45, 2.75) is 45.1 Å². The van der Waals surface area contributed by atoms with E-state index in [-0.39, 0.29) is 5.91 Å². The van der Waals surface area contributed by atoms with Gasteiger partial charge in [0.05, 0.1) is 5.54 Å². The van der Waals surface area contributed by atoms with Crippen LogP contribution in [0.4, 0.5) is 5.13 Å². The van der Waals surface area contributed by atoms with E-state index in [4.69, 9.17) is 5.73 Å². The lowest BCUT2D eigenvalue weighted by atomic mass is 9.95. The Morgan fingerprint density at radius 2 is 2.10 bits per heavy atom. The van der Waals surface area contributed by atoms with Crippen molar-refractivity contribution < 1.29 is 4.79 Å². The average molecular weight is 306 g/mol. The van der Waals surface area contributed by atoms with Crippen molar-refractivity contribution >= 4 is 22.4 Å². The second-order valence-electron chi connectivity index (χ2n) is 5.76. The van der Waals surface area contributed by atoms with Gasteiger partial charge < -0.3 is 11.1 Å². The molecule has 0 unspecified atom stereocenters. The summed E-state index contributed by atoms with van der Waals surface area (Å²) in [4.78, 5) is 12.5. The van der Waals surface area contributed by atoms with Crippen molar-refractivity contribution in [2.24, 2.45) is 0 Å². The molecule has 1 amide bonds. The second kappa shape index (κ2) is 5.10. The van der Waals surface area contributed by atoms with Crippen LogP contribution in [0.3, 0.4) is 0 Å². The van der Waals surface area contributed by atoms with Crippen molar-refractivity contribution in [2.75, 3.05) is 5.73 Å². The lowest BCUT2D eigenvalue weighted by Gasteiger charge is -2.23. The Balaban J connectivity index is 1.81.